The minimum atomic E-state index is -0.410. The number of nitrogens with zero attached hydrogens (tertiary/aromatic N) is 3. The van der Waals surface area contributed by atoms with Gasteiger partial charge >= 0.3 is 0 Å². The lowest BCUT2D eigenvalue weighted by molar-refractivity contribution is -0.123. The monoisotopic (exact) mass is 565 g/mol. The van der Waals surface area contributed by atoms with E-state index in [0.717, 1.165) is 41.0 Å². The number of carbonyl (C=O) groups is 2. The molecule has 0 N–H and O–H groups in total. The average molecular weight is 567 g/mol. The van der Waals surface area contributed by atoms with Crippen LogP contribution in [0, 0.1) is 11.3 Å². The molecule has 38 heavy (non-hydrogen) atoms. The molecule has 3 aromatic rings. The molecule has 194 valence electrons. The zero-order valence-electron chi connectivity index (χ0n) is 20.9. The van der Waals surface area contributed by atoms with Gasteiger partial charge in [-0.15, -0.1) is 0 Å². The van der Waals surface area contributed by atoms with Gasteiger partial charge in [0.05, 0.1) is 23.1 Å². The maximum Gasteiger partial charge on any atom is 0.293 e. The van der Waals surface area contributed by atoms with E-state index < -0.39 is 5.91 Å². The smallest absolute Gasteiger partial charge is 0.293 e. The highest BCUT2D eigenvalue weighted by Crippen LogP contribution is 2.36. The van der Waals surface area contributed by atoms with Gasteiger partial charge in [0, 0.05) is 46.0 Å². The average Bonchev–Trinajstić information content (AvgIpc) is 3.17. The SMILES string of the molecule is CCN(CC)c1ccc(/C=C2/SC(=O)N(Cc3ccccc3C#N)C2=O)c(OCc2ccc(Cl)cc2Cl)c1. The van der Waals surface area contributed by atoms with E-state index in [1.165, 1.54) is 0 Å². The summed E-state index contributed by atoms with van der Waals surface area (Å²) in [5.74, 6) is 0.147. The Morgan fingerprint density at radius 3 is 2.50 bits per heavy atom. The maximum absolute atomic E-state index is 13.2. The Bertz CT molecular complexity index is 1450. The van der Waals surface area contributed by atoms with Gasteiger partial charge in [-0.25, -0.2) is 0 Å². The fourth-order valence-electron chi connectivity index (χ4n) is 4.06. The highest BCUT2D eigenvalue weighted by Gasteiger charge is 2.35. The first-order valence-electron chi connectivity index (χ1n) is 12.0. The number of thioether (sulfide) groups is 1. The molecule has 0 bridgehead atoms. The number of amides is 2. The predicted octanol–water partition coefficient (Wildman–Crippen LogP) is 7.53. The topological polar surface area (TPSA) is 73.6 Å². The van der Waals surface area contributed by atoms with Crippen molar-refractivity contribution in [1.82, 2.24) is 4.90 Å². The molecule has 9 heteroatoms. The van der Waals surface area contributed by atoms with E-state index in [1.807, 2.05) is 24.3 Å². The molecule has 0 unspecified atom stereocenters. The zero-order chi connectivity index (χ0) is 27.2. The number of rotatable bonds is 9. The second-order valence-corrected chi connectivity index (χ2v) is 10.3. The van der Waals surface area contributed by atoms with Crippen molar-refractivity contribution in [1.29, 1.82) is 5.26 Å². The van der Waals surface area contributed by atoms with Crippen LogP contribution in [0.3, 0.4) is 0 Å². The van der Waals surface area contributed by atoms with Crippen LogP contribution in [0.25, 0.3) is 6.08 Å². The van der Waals surface area contributed by atoms with Gasteiger partial charge in [0.15, 0.2) is 0 Å². The predicted molar refractivity (Wildman–Crippen MR) is 153 cm³/mol. The van der Waals surface area contributed by atoms with Crippen molar-refractivity contribution in [2.75, 3.05) is 18.0 Å². The second-order valence-electron chi connectivity index (χ2n) is 8.46. The van der Waals surface area contributed by atoms with E-state index in [9.17, 15) is 14.9 Å². The molecule has 4 rings (SSSR count). The Kier molecular flexibility index (Phi) is 9.01. The Morgan fingerprint density at radius 2 is 1.79 bits per heavy atom. The summed E-state index contributed by atoms with van der Waals surface area (Å²) in [6.07, 6.45) is 1.67. The van der Waals surface area contributed by atoms with Crippen LogP contribution in [-0.2, 0) is 17.9 Å². The lowest BCUT2D eigenvalue weighted by atomic mass is 10.1. The summed E-state index contributed by atoms with van der Waals surface area (Å²) in [6.45, 7) is 6.02. The summed E-state index contributed by atoms with van der Waals surface area (Å²) in [5, 5.41) is 10.0. The molecule has 0 aliphatic carbocycles. The van der Waals surface area contributed by atoms with Crippen LogP contribution in [0.15, 0.2) is 65.6 Å². The van der Waals surface area contributed by atoms with Crippen molar-refractivity contribution < 1.29 is 14.3 Å². The minimum Gasteiger partial charge on any atom is -0.488 e. The van der Waals surface area contributed by atoms with Gasteiger partial charge in [0.1, 0.15) is 12.4 Å². The van der Waals surface area contributed by atoms with E-state index in [2.05, 4.69) is 24.8 Å². The molecule has 1 heterocycles. The van der Waals surface area contributed by atoms with Crippen LogP contribution in [0.1, 0.15) is 36.1 Å². The standard InChI is InChI=1S/C29H25Cl2N3O3S/c1-3-33(4-2)24-12-10-19(26(15-24)37-18-22-9-11-23(30)14-25(22)31)13-27-28(35)34(29(36)38-27)17-21-8-6-5-7-20(21)16-32/h5-15H,3-4,17-18H2,1-2H3/b27-13+. The number of halogens is 2. The number of hydrogen-bond acceptors (Lipinski definition) is 6. The highest BCUT2D eigenvalue weighted by atomic mass is 35.5. The van der Waals surface area contributed by atoms with Crippen LogP contribution < -0.4 is 9.64 Å². The molecular formula is C29H25Cl2N3O3S. The number of imide groups is 1. The first-order valence-corrected chi connectivity index (χ1v) is 13.6. The molecule has 1 aliphatic heterocycles. The number of nitriles is 1. The summed E-state index contributed by atoms with van der Waals surface area (Å²) in [7, 11) is 0. The van der Waals surface area contributed by atoms with E-state index >= 15 is 0 Å². The third kappa shape index (κ3) is 6.16. The van der Waals surface area contributed by atoms with Crippen molar-refractivity contribution >= 4 is 57.9 Å². The Balaban J connectivity index is 1.64. The molecule has 6 nitrogen and oxygen atoms in total. The molecule has 3 aromatic carbocycles. The maximum atomic E-state index is 13.2. The quantitative estimate of drug-likeness (QED) is 0.250. The summed E-state index contributed by atoms with van der Waals surface area (Å²) >= 11 is 13.2. The fraction of sp³-hybridized carbons (Fsp3) is 0.207. The molecule has 0 saturated carbocycles. The lowest BCUT2D eigenvalue weighted by Crippen LogP contribution is -2.27. The molecule has 1 fully saturated rings. The molecule has 1 aliphatic rings. The molecule has 0 radical (unpaired) electrons. The van der Waals surface area contributed by atoms with Crippen LogP contribution in [0.2, 0.25) is 10.0 Å². The normalized spacial score (nSPS) is 14.2. The molecule has 2 amide bonds. The third-order valence-electron chi connectivity index (χ3n) is 6.15. The first kappa shape index (κ1) is 27.6. The van der Waals surface area contributed by atoms with Gasteiger partial charge in [-0.05, 0) is 67.6 Å². The molecular weight excluding hydrogens is 541 g/mol. The lowest BCUT2D eigenvalue weighted by Gasteiger charge is -2.22. The van der Waals surface area contributed by atoms with Gasteiger partial charge in [-0.3, -0.25) is 14.5 Å². The molecule has 0 atom stereocenters. The second kappa shape index (κ2) is 12.4. The van der Waals surface area contributed by atoms with Crippen molar-refractivity contribution in [2.45, 2.75) is 27.0 Å². The first-order chi connectivity index (χ1) is 18.3. The zero-order valence-corrected chi connectivity index (χ0v) is 23.2. The molecule has 0 spiro atoms. The molecule has 1 saturated heterocycles. The van der Waals surface area contributed by atoms with Crippen LogP contribution in [-0.4, -0.2) is 29.1 Å². The Morgan fingerprint density at radius 1 is 1.03 bits per heavy atom. The van der Waals surface area contributed by atoms with E-state index in [4.69, 9.17) is 27.9 Å². The minimum absolute atomic E-state index is 0.0328. The third-order valence-corrected chi connectivity index (χ3v) is 7.64. The summed E-state index contributed by atoms with van der Waals surface area (Å²) in [6, 6.07) is 20.0. The van der Waals surface area contributed by atoms with E-state index in [0.29, 0.717) is 32.5 Å². The van der Waals surface area contributed by atoms with Crippen molar-refractivity contribution in [3.05, 3.63) is 97.9 Å². The van der Waals surface area contributed by atoms with Crippen LogP contribution in [0.5, 0.6) is 5.75 Å². The van der Waals surface area contributed by atoms with Gasteiger partial charge < -0.3 is 9.64 Å². The van der Waals surface area contributed by atoms with E-state index in [1.54, 1.807) is 42.5 Å². The summed E-state index contributed by atoms with van der Waals surface area (Å²) < 4.78 is 6.19. The fourth-order valence-corrected chi connectivity index (χ4v) is 5.35. The number of benzene rings is 3. The van der Waals surface area contributed by atoms with Crippen molar-refractivity contribution in [3.8, 4) is 11.8 Å². The summed E-state index contributed by atoms with van der Waals surface area (Å²) in [4.78, 5) is 29.6. The van der Waals surface area contributed by atoms with Gasteiger partial charge in [0.25, 0.3) is 11.1 Å². The van der Waals surface area contributed by atoms with Gasteiger partial charge in [0.2, 0.25) is 0 Å². The number of carbonyl (C=O) groups excluding carboxylic acids is 2. The van der Waals surface area contributed by atoms with Gasteiger partial charge in [-0.2, -0.15) is 5.26 Å². The number of hydrogen-bond donors (Lipinski definition) is 0. The van der Waals surface area contributed by atoms with Crippen molar-refractivity contribution in [2.24, 2.45) is 0 Å². The Labute approximate surface area is 236 Å². The Hall–Kier alpha value is -3.44. The number of anilines is 1. The van der Waals surface area contributed by atoms with Crippen LogP contribution in [0.4, 0.5) is 10.5 Å². The number of ether oxygens (including phenoxy) is 1. The van der Waals surface area contributed by atoms with Gasteiger partial charge in [-0.1, -0.05) is 47.5 Å². The summed E-state index contributed by atoms with van der Waals surface area (Å²) in [5.41, 5.74) is 3.45. The molecule has 0 aromatic heterocycles. The van der Waals surface area contributed by atoms with E-state index in [-0.39, 0.29) is 23.3 Å². The van der Waals surface area contributed by atoms with Crippen LogP contribution >= 0.6 is 35.0 Å². The van der Waals surface area contributed by atoms with Crippen molar-refractivity contribution in [3.63, 3.8) is 0 Å². The highest BCUT2D eigenvalue weighted by molar-refractivity contribution is 8.18. The largest absolute Gasteiger partial charge is 0.488 e.